The maximum Gasteiger partial charge on any atom is 0.0662 e. The number of nitrogens with zero attached hydrogens (tertiary/aromatic N) is 2. The van der Waals surface area contributed by atoms with E-state index in [0.29, 0.717) is 6.04 Å². The Hall–Kier alpha value is -0.930. The first-order valence-electron chi connectivity index (χ1n) is 5.30. The predicted molar refractivity (Wildman–Crippen MR) is 56.3 cm³/mol. The summed E-state index contributed by atoms with van der Waals surface area (Å²) in [5, 5.41) is 1.94. The van der Waals surface area contributed by atoms with Gasteiger partial charge in [0.25, 0.3) is 0 Å². The fraction of sp³-hybridized carbons (Fsp3) is 0.545. The van der Waals surface area contributed by atoms with Gasteiger partial charge in [0.1, 0.15) is 0 Å². The van der Waals surface area contributed by atoms with Gasteiger partial charge in [-0.1, -0.05) is 18.9 Å². The number of hydrogen-bond acceptors (Lipinski definition) is 3. The van der Waals surface area contributed by atoms with Gasteiger partial charge in [-0.2, -0.15) is 0 Å². The maximum atomic E-state index is 6.00. The maximum absolute atomic E-state index is 6.00. The van der Waals surface area contributed by atoms with E-state index in [4.69, 9.17) is 5.84 Å². The van der Waals surface area contributed by atoms with Crippen LogP contribution in [0.15, 0.2) is 24.4 Å². The van der Waals surface area contributed by atoms with Gasteiger partial charge in [0.15, 0.2) is 0 Å². The molecule has 1 aliphatic rings. The highest BCUT2D eigenvalue weighted by molar-refractivity contribution is 5.08. The van der Waals surface area contributed by atoms with Gasteiger partial charge in [0.2, 0.25) is 0 Å². The molecule has 0 spiro atoms. The molecule has 2 heterocycles. The van der Waals surface area contributed by atoms with Crippen LogP contribution in [0.5, 0.6) is 0 Å². The van der Waals surface area contributed by atoms with Gasteiger partial charge in [0, 0.05) is 12.7 Å². The molecule has 1 atom stereocenters. The smallest absolute Gasteiger partial charge is 0.0662 e. The van der Waals surface area contributed by atoms with Gasteiger partial charge in [-0.25, -0.2) is 5.01 Å². The molecule has 2 N–H and O–H groups in total. The molecule has 0 bridgehead atoms. The van der Waals surface area contributed by atoms with Crippen LogP contribution in [-0.2, 0) is 0 Å². The van der Waals surface area contributed by atoms with E-state index in [1.807, 2.05) is 23.3 Å². The van der Waals surface area contributed by atoms with Gasteiger partial charge in [-0.3, -0.25) is 10.8 Å². The Kier molecular flexibility index (Phi) is 3.11. The molecule has 0 aromatic carbocycles. The molecular weight excluding hydrogens is 174 g/mol. The number of hydrazine groups is 1. The highest BCUT2D eigenvalue weighted by Crippen LogP contribution is 2.25. The summed E-state index contributed by atoms with van der Waals surface area (Å²) >= 11 is 0. The average molecular weight is 191 g/mol. The highest BCUT2D eigenvalue weighted by atomic mass is 15.4. The fourth-order valence-corrected chi connectivity index (χ4v) is 2.02. The Labute approximate surface area is 84.9 Å². The first-order chi connectivity index (χ1) is 6.88. The van der Waals surface area contributed by atoms with Gasteiger partial charge in [-0.05, 0) is 25.0 Å². The summed E-state index contributed by atoms with van der Waals surface area (Å²) in [6.45, 7) is 0.987. The molecule has 0 saturated carbocycles. The van der Waals surface area contributed by atoms with Crippen molar-refractivity contribution < 1.29 is 0 Å². The van der Waals surface area contributed by atoms with Crippen LogP contribution >= 0.6 is 0 Å². The zero-order chi connectivity index (χ0) is 9.80. The molecule has 76 valence electrons. The van der Waals surface area contributed by atoms with Crippen molar-refractivity contribution in [2.75, 3.05) is 6.54 Å². The second-order valence-corrected chi connectivity index (χ2v) is 3.86. The lowest BCUT2D eigenvalue weighted by Gasteiger charge is -2.24. The number of rotatable bonds is 1. The molecule has 0 aliphatic carbocycles. The molecule has 2 rings (SSSR count). The Bertz CT molecular complexity index is 273. The van der Waals surface area contributed by atoms with Crippen molar-refractivity contribution in [2.45, 2.75) is 31.7 Å². The number of aromatic nitrogens is 1. The van der Waals surface area contributed by atoms with E-state index < -0.39 is 0 Å². The van der Waals surface area contributed by atoms with Gasteiger partial charge >= 0.3 is 0 Å². The Morgan fingerprint density at radius 2 is 2.21 bits per heavy atom. The SMILES string of the molecule is NN1CCCCCC1c1ccccn1. The first-order valence-corrected chi connectivity index (χ1v) is 5.30. The highest BCUT2D eigenvalue weighted by Gasteiger charge is 2.20. The molecule has 3 heteroatoms. The van der Waals surface area contributed by atoms with Crippen molar-refractivity contribution >= 4 is 0 Å². The lowest BCUT2D eigenvalue weighted by atomic mass is 10.1. The normalized spacial score (nSPS) is 24.5. The minimum atomic E-state index is 0.318. The van der Waals surface area contributed by atoms with Gasteiger partial charge < -0.3 is 0 Å². The van der Waals surface area contributed by atoms with E-state index >= 15 is 0 Å². The molecule has 1 unspecified atom stereocenters. The zero-order valence-corrected chi connectivity index (χ0v) is 8.39. The van der Waals surface area contributed by atoms with Crippen molar-refractivity contribution in [3.05, 3.63) is 30.1 Å². The zero-order valence-electron chi connectivity index (χ0n) is 8.39. The molecule has 1 fully saturated rings. The second-order valence-electron chi connectivity index (χ2n) is 3.86. The van der Waals surface area contributed by atoms with Gasteiger partial charge in [0.05, 0.1) is 11.7 Å². The standard InChI is InChI=1S/C11H17N3/c12-14-9-5-1-2-7-11(14)10-6-3-4-8-13-10/h3-4,6,8,11H,1-2,5,7,9,12H2. The molecule has 1 saturated heterocycles. The van der Waals surface area contributed by atoms with Crippen molar-refractivity contribution in [1.82, 2.24) is 9.99 Å². The minimum absolute atomic E-state index is 0.318. The van der Waals surface area contributed by atoms with E-state index in [0.717, 1.165) is 18.7 Å². The van der Waals surface area contributed by atoms with Crippen LogP contribution in [0.25, 0.3) is 0 Å². The van der Waals surface area contributed by atoms with Crippen molar-refractivity contribution in [1.29, 1.82) is 0 Å². The molecule has 1 aromatic rings. The second kappa shape index (κ2) is 4.53. The van der Waals surface area contributed by atoms with Crippen molar-refractivity contribution in [3.8, 4) is 0 Å². The molecular formula is C11H17N3. The summed E-state index contributed by atoms with van der Waals surface area (Å²) in [7, 11) is 0. The van der Waals surface area contributed by atoms with Crippen LogP contribution in [0, 0.1) is 0 Å². The topological polar surface area (TPSA) is 42.1 Å². The third-order valence-corrected chi connectivity index (χ3v) is 2.82. The van der Waals surface area contributed by atoms with Crippen LogP contribution < -0.4 is 5.84 Å². The monoisotopic (exact) mass is 191 g/mol. The lowest BCUT2D eigenvalue weighted by Crippen LogP contribution is -2.35. The fourth-order valence-electron chi connectivity index (χ4n) is 2.02. The molecule has 1 aliphatic heterocycles. The Morgan fingerprint density at radius 3 is 3.00 bits per heavy atom. The quantitative estimate of drug-likeness (QED) is 0.689. The third kappa shape index (κ3) is 2.11. The first kappa shape index (κ1) is 9.62. The largest absolute Gasteiger partial charge is 0.268 e. The third-order valence-electron chi connectivity index (χ3n) is 2.82. The Morgan fingerprint density at radius 1 is 1.29 bits per heavy atom. The van der Waals surface area contributed by atoms with E-state index in [1.165, 1.54) is 19.3 Å². The number of pyridine rings is 1. The van der Waals surface area contributed by atoms with Crippen LogP contribution in [-0.4, -0.2) is 16.5 Å². The summed E-state index contributed by atoms with van der Waals surface area (Å²) in [6.07, 6.45) is 6.73. The summed E-state index contributed by atoms with van der Waals surface area (Å²) in [5.74, 6) is 6.00. The number of hydrogen-bond donors (Lipinski definition) is 1. The van der Waals surface area contributed by atoms with Crippen molar-refractivity contribution in [2.24, 2.45) is 5.84 Å². The van der Waals surface area contributed by atoms with E-state index in [2.05, 4.69) is 11.1 Å². The van der Waals surface area contributed by atoms with E-state index in [-0.39, 0.29) is 0 Å². The average Bonchev–Trinajstić information content (AvgIpc) is 2.44. The molecule has 0 radical (unpaired) electrons. The summed E-state index contributed by atoms with van der Waals surface area (Å²) < 4.78 is 0. The van der Waals surface area contributed by atoms with Crippen LogP contribution in [0.4, 0.5) is 0 Å². The molecule has 1 aromatic heterocycles. The molecule has 14 heavy (non-hydrogen) atoms. The van der Waals surface area contributed by atoms with E-state index in [1.54, 1.807) is 0 Å². The summed E-state index contributed by atoms with van der Waals surface area (Å²) in [5.41, 5.74) is 1.11. The van der Waals surface area contributed by atoms with Crippen LogP contribution in [0.2, 0.25) is 0 Å². The Balaban J connectivity index is 2.15. The van der Waals surface area contributed by atoms with Crippen molar-refractivity contribution in [3.63, 3.8) is 0 Å². The van der Waals surface area contributed by atoms with Crippen LogP contribution in [0.1, 0.15) is 37.4 Å². The lowest BCUT2D eigenvalue weighted by molar-refractivity contribution is 0.202. The van der Waals surface area contributed by atoms with E-state index in [9.17, 15) is 0 Å². The predicted octanol–water partition coefficient (Wildman–Crippen LogP) is 1.87. The number of nitrogens with two attached hydrogens (primary N) is 1. The molecule has 3 nitrogen and oxygen atoms in total. The summed E-state index contributed by atoms with van der Waals surface area (Å²) in [6, 6.07) is 6.36. The molecule has 0 amide bonds. The minimum Gasteiger partial charge on any atom is -0.268 e. The van der Waals surface area contributed by atoms with Crippen LogP contribution in [0.3, 0.4) is 0 Å². The van der Waals surface area contributed by atoms with Gasteiger partial charge in [-0.15, -0.1) is 0 Å². The summed E-state index contributed by atoms with van der Waals surface area (Å²) in [4.78, 5) is 4.37.